The number of phenols is 1. The van der Waals surface area contributed by atoms with E-state index in [4.69, 9.17) is 4.74 Å². The number of imidazole rings is 1. The molecule has 1 atom stereocenters. The quantitative estimate of drug-likeness (QED) is 0.260. The van der Waals surface area contributed by atoms with Crippen molar-refractivity contribution in [1.82, 2.24) is 19.6 Å². The Morgan fingerprint density at radius 1 is 1.15 bits per heavy atom. The molecule has 1 aliphatic rings. The lowest BCUT2D eigenvalue weighted by Crippen LogP contribution is -2.29. The number of fused-ring (bicyclic) bond motifs is 1. The predicted molar refractivity (Wildman–Crippen MR) is 124 cm³/mol. The van der Waals surface area contributed by atoms with Crippen LogP contribution in [0.3, 0.4) is 0 Å². The minimum Gasteiger partial charge on any atom is -0.505 e. The average molecular weight is 478 g/mol. The van der Waals surface area contributed by atoms with E-state index in [-0.39, 0.29) is 28.0 Å². The maximum atomic E-state index is 13.3. The Morgan fingerprint density at radius 2 is 1.94 bits per heavy atom. The molecule has 4 heterocycles. The Kier molecular flexibility index (Phi) is 5.05. The third-order valence-electron chi connectivity index (χ3n) is 5.61. The number of aromatic hydroxyl groups is 1. The largest absolute Gasteiger partial charge is 0.505 e. The number of pyridine rings is 1. The van der Waals surface area contributed by atoms with Crippen molar-refractivity contribution in [3.8, 4) is 11.5 Å². The number of carbonyl (C=O) groups excluding carboxylic acids is 2. The third-order valence-corrected chi connectivity index (χ3v) is 6.45. The van der Waals surface area contributed by atoms with Crippen LogP contribution in [0, 0.1) is 13.8 Å². The summed E-state index contributed by atoms with van der Waals surface area (Å²) in [4.78, 5) is 32.2. The van der Waals surface area contributed by atoms with Crippen molar-refractivity contribution in [2.45, 2.75) is 19.9 Å². The van der Waals surface area contributed by atoms with Gasteiger partial charge >= 0.3 is 5.91 Å². The highest BCUT2D eigenvalue weighted by atomic mass is 32.1. The number of aromatic nitrogens is 4. The van der Waals surface area contributed by atoms with Gasteiger partial charge in [0, 0.05) is 6.20 Å². The van der Waals surface area contributed by atoms with Crippen LogP contribution in [-0.4, -0.2) is 48.6 Å². The number of aryl methyl sites for hydroxylation is 2. The molecular weight excluding hydrogens is 458 g/mol. The lowest BCUT2D eigenvalue weighted by molar-refractivity contribution is -0.132. The van der Waals surface area contributed by atoms with Gasteiger partial charge in [-0.3, -0.25) is 18.9 Å². The van der Waals surface area contributed by atoms with Crippen molar-refractivity contribution in [2.75, 3.05) is 12.0 Å². The number of anilines is 1. The molecule has 0 bridgehead atoms. The Morgan fingerprint density at radius 3 is 2.65 bits per heavy atom. The highest BCUT2D eigenvalue weighted by molar-refractivity contribution is 7.15. The van der Waals surface area contributed by atoms with Crippen LogP contribution >= 0.6 is 11.3 Å². The van der Waals surface area contributed by atoms with Gasteiger partial charge in [0.05, 0.1) is 24.4 Å². The molecule has 1 amide bonds. The molecule has 1 aliphatic heterocycles. The van der Waals surface area contributed by atoms with Crippen molar-refractivity contribution in [3.05, 3.63) is 70.1 Å². The SMILES string of the molecule is COc1cc(C2C(=C(O)c3c(C)nc4ccccn34)C(=O)C(=O)N2c2nnc(C)s2)ccc1O. The second-order valence-electron chi connectivity index (χ2n) is 7.68. The standard InChI is InChI=1S/C23H19N5O5S/c1-11-18(27-9-5-4-6-16(27)24-11)20(30)17-19(13-7-8-14(29)15(10-13)33-3)28(22(32)21(17)31)23-26-25-12(2)34-23/h4-10,19,29-30H,1-3H3. The van der Waals surface area contributed by atoms with Gasteiger partial charge in [-0.2, -0.15) is 0 Å². The zero-order valence-electron chi connectivity index (χ0n) is 18.4. The fraction of sp³-hybridized carbons (Fsp3) is 0.174. The van der Waals surface area contributed by atoms with Gasteiger partial charge in [0.25, 0.3) is 5.78 Å². The molecule has 1 aromatic carbocycles. The van der Waals surface area contributed by atoms with Crippen molar-refractivity contribution in [3.63, 3.8) is 0 Å². The summed E-state index contributed by atoms with van der Waals surface area (Å²) in [7, 11) is 1.39. The van der Waals surface area contributed by atoms with Crippen LogP contribution in [0.2, 0.25) is 0 Å². The molecular formula is C23H19N5O5S. The summed E-state index contributed by atoms with van der Waals surface area (Å²) in [5.74, 6) is -2.03. The number of benzene rings is 1. The number of aliphatic hydroxyl groups excluding tert-OH is 1. The number of hydrogen-bond donors (Lipinski definition) is 2. The number of carbonyl (C=O) groups is 2. The van der Waals surface area contributed by atoms with Crippen LogP contribution < -0.4 is 9.64 Å². The van der Waals surface area contributed by atoms with Crippen LogP contribution in [0.4, 0.5) is 5.13 Å². The second-order valence-corrected chi connectivity index (χ2v) is 8.84. The number of phenolic OH excluding ortho intramolecular Hbond substituents is 1. The Labute approximate surface area is 197 Å². The van der Waals surface area contributed by atoms with Crippen LogP contribution in [0.1, 0.15) is 28.0 Å². The van der Waals surface area contributed by atoms with Crippen molar-refractivity contribution < 1.29 is 24.5 Å². The molecule has 2 N–H and O–H groups in total. The summed E-state index contributed by atoms with van der Waals surface area (Å²) < 4.78 is 6.89. The molecule has 1 unspecified atom stereocenters. The molecule has 1 saturated heterocycles. The van der Waals surface area contributed by atoms with E-state index in [0.717, 1.165) is 11.3 Å². The molecule has 0 saturated carbocycles. The van der Waals surface area contributed by atoms with E-state index < -0.39 is 17.7 Å². The zero-order valence-corrected chi connectivity index (χ0v) is 19.2. The van der Waals surface area contributed by atoms with Crippen LogP contribution in [0.25, 0.3) is 11.4 Å². The molecule has 0 radical (unpaired) electrons. The van der Waals surface area contributed by atoms with Gasteiger partial charge in [0.1, 0.15) is 16.3 Å². The van der Waals surface area contributed by atoms with E-state index >= 15 is 0 Å². The lowest BCUT2D eigenvalue weighted by atomic mass is 9.96. The van der Waals surface area contributed by atoms with Crippen LogP contribution in [0.15, 0.2) is 48.2 Å². The molecule has 5 rings (SSSR count). The van der Waals surface area contributed by atoms with E-state index in [2.05, 4.69) is 15.2 Å². The number of ketones is 1. The Hall–Kier alpha value is -4.25. The van der Waals surface area contributed by atoms with Gasteiger partial charge in [-0.05, 0) is 43.7 Å². The average Bonchev–Trinajstić information content (AvgIpc) is 3.47. The van der Waals surface area contributed by atoms with Gasteiger partial charge < -0.3 is 14.9 Å². The summed E-state index contributed by atoms with van der Waals surface area (Å²) in [5, 5.41) is 30.4. The fourth-order valence-electron chi connectivity index (χ4n) is 4.12. The first kappa shape index (κ1) is 21.6. The molecule has 4 aromatic rings. The molecule has 0 spiro atoms. The minimum absolute atomic E-state index is 0.104. The number of methoxy groups -OCH3 is 1. The Balaban J connectivity index is 1.80. The topological polar surface area (TPSA) is 130 Å². The maximum absolute atomic E-state index is 13.3. The summed E-state index contributed by atoms with van der Waals surface area (Å²) in [6, 6.07) is 8.80. The van der Waals surface area contributed by atoms with Gasteiger partial charge in [-0.15, -0.1) is 10.2 Å². The summed E-state index contributed by atoms with van der Waals surface area (Å²) in [6.07, 6.45) is 1.72. The van der Waals surface area contributed by atoms with E-state index in [0.29, 0.717) is 27.6 Å². The van der Waals surface area contributed by atoms with Gasteiger partial charge in [-0.1, -0.05) is 23.5 Å². The summed E-state index contributed by atoms with van der Waals surface area (Å²) in [6.45, 7) is 3.45. The first-order valence-electron chi connectivity index (χ1n) is 10.2. The first-order valence-corrected chi connectivity index (χ1v) is 11.1. The van der Waals surface area contributed by atoms with E-state index in [9.17, 15) is 19.8 Å². The molecule has 34 heavy (non-hydrogen) atoms. The van der Waals surface area contributed by atoms with Crippen molar-refractivity contribution in [2.24, 2.45) is 0 Å². The van der Waals surface area contributed by atoms with E-state index in [1.54, 1.807) is 42.6 Å². The number of Topliss-reactive ketones (excluding diaryl/α,β-unsaturated/α-hetero) is 1. The summed E-state index contributed by atoms with van der Waals surface area (Å²) in [5.41, 5.74) is 1.69. The van der Waals surface area contributed by atoms with E-state index in [1.165, 1.54) is 24.1 Å². The van der Waals surface area contributed by atoms with Crippen LogP contribution in [-0.2, 0) is 9.59 Å². The van der Waals surface area contributed by atoms with Gasteiger partial charge in [-0.25, -0.2) is 4.98 Å². The summed E-state index contributed by atoms with van der Waals surface area (Å²) >= 11 is 1.15. The molecule has 10 nitrogen and oxygen atoms in total. The molecule has 1 fully saturated rings. The molecule has 3 aromatic heterocycles. The number of rotatable bonds is 4. The predicted octanol–water partition coefficient (Wildman–Crippen LogP) is 3.14. The Bertz CT molecular complexity index is 1500. The minimum atomic E-state index is -1.03. The highest BCUT2D eigenvalue weighted by Gasteiger charge is 2.49. The lowest BCUT2D eigenvalue weighted by Gasteiger charge is -2.23. The first-order chi connectivity index (χ1) is 16.3. The van der Waals surface area contributed by atoms with Crippen molar-refractivity contribution in [1.29, 1.82) is 0 Å². The van der Waals surface area contributed by atoms with Crippen molar-refractivity contribution >= 4 is 39.6 Å². The zero-order chi connectivity index (χ0) is 24.1. The number of hydrogen-bond acceptors (Lipinski definition) is 9. The smallest absolute Gasteiger partial charge is 0.301 e. The highest BCUT2D eigenvalue weighted by Crippen LogP contribution is 2.44. The van der Waals surface area contributed by atoms with E-state index in [1.807, 2.05) is 6.07 Å². The third kappa shape index (κ3) is 3.20. The molecule has 0 aliphatic carbocycles. The second kappa shape index (κ2) is 7.96. The number of nitrogens with zero attached hydrogens (tertiary/aromatic N) is 5. The van der Waals surface area contributed by atoms with Gasteiger partial charge in [0.2, 0.25) is 5.13 Å². The van der Waals surface area contributed by atoms with Gasteiger partial charge in [0.15, 0.2) is 17.3 Å². The number of aliphatic hydroxyl groups is 1. The fourth-order valence-corrected chi connectivity index (χ4v) is 4.83. The number of ether oxygens (including phenoxy) is 1. The molecule has 172 valence electrons. The monoisotopic (exact) mass is 477 g/mol. The number of amides is 1. The normalized spacial score (nSPS) is 17.6. The molecule has 11 heteroatoms. The maximum Gasteiger partial charge on any atom is 0.301 e. The van der Waals surface area contributed by atoms with Crippen LogP contribution in [0.5, 0.6) is 11.5 Å².